The summed E-state index contributed by atoms with van der Waals surface area (Å²) in [4.78, 5) is 14.2. The maximum Gasteiger partial charge on any atom is 0.240 e. The highest BCUT2D eigenvalue weighted by molar-refractivity contribution is 7.98. The van der Waals surface area contributed by atoms with Crippen molar-refractivity contribution in [1.82, 2.24) is 10.2 Å². The number of carbonyl (C=O) groups is 1. The second kappa shape index (κ2) is 5.41. The predicted molar refractivity (Wildman–Crippen MR) is 68.7 cm³/mol. The molecule has 2 atom stereocenters. The summed E-state index contributed by atoms with van der Waals surface area (Å²) >= 11 is 1.86. The Bertz CT molecular complexity index is 255. The zero-order chi connectivity index (χ0) is 11.5. The lowest BCUT2D eigenvalue weighted by Gasteiger charge is -2.24. The topological polar surface area (TPSA) is 32.3 Å². The molecule has 2 aliphatic rings. The van der Waals surface area contributed by atoms with Gasteiger partial charge in [-0.3, -0.25) is 4.79 Å². The summed E-state index contributed by atoms with van der Waals surface area (Å²) in [6, 6.07) is 1.16. The summed E-state index contributed by atoms with van der Waals surface area (Å²) in [5.41, 5.74) is 0. The number of hydrogen-bond donors (Lipinski definition) is 1. The van der Waals surface area contributed by atoms with Crippen LogP contribution in [0.5, 0.6) is 0 Å². The van der Waals surface area contributed by atoms with E-state index >= 15 is 0 Å². The lowest BCUT2D eigenvalue weighted by atomic mass is 10.2. The van der Waals surface area contributed by atoms with Gasteiger partial charge in [0.25, 0.3) is 0 Å². The third-order valence-electron chi connectivity index (χ3n) is 3.53. The minimum absolute atomic E-state index is 0.115. The van der Waals surface area contributed by atoms with Gasteiger partial charge in [0, 0.05) is 18.6 Å². The maximum atomic E-state index is 12.1. The molecule has 2 rings (SSSR count). The van der Waals surface area contributed by atoms with Crippen molar-refractivity contribution in [2.45, 2.75) is 50.7 Å². The van der Waals surface area contributed by atoms with E-state index in [0.717, 1.165) is 25.1 Å². The van der Waals surface area contributed by atoms with Crippen LogP contribution in [0.2, 0.25) is 0 Å². The molecule has 0 aromatic carbocycles. The highest BCUT2D eigenvalue weighted by Crippen LogP contribution is 2.24. The fraction of sp³-hybridized carbons (Fsp3) is 0.917. The van der Waals surface area contributed by atoms with Crippen molar-refractivity contribution >= 4 is 17.7 Å². The molecule has 1 saturated heterocycles. The van der Waals surface area contributed by atoms with Gasteiger partial charge in [-0.05, 0) is 44.6 Å². The van der Waals surface area contributed by atoms with E-state index in [4.69, 9.17) is 0 Å². The van der Waals surface area contributed by atoms with Gasteiger partial charge in [-0.25, -0.2) is 0 Å². The van der Waals surface area contributed by atoms with Crippen molar-refractivity contribution in [3.63, 3.8) is 0 Å². The third-order valence-corrected chi connectivity index (χ3v) is 4.17. The summed E-state index contributed by atoms with van der Waals surface area (Å²) in [7, 11) is 0. The van der Waals surface area contributed by atoms with Gasteiger partial charge < -0.3 is 10.2 Å². The van der Waals surface area contributed by atoms with Crippen molar-refractivity contribution in [1.29, 1.82) is 0 Å². The van der Waals surface area contributed by atoms with Crippen LogP contribution in [-0.2, 0) is 4.79 Å². The first-order chi connectivity index (χ1) is 7.72. The molecule has 16 heavy (non-hydrogen) atoms. The van der Waals surface area contributed by atoms with Crippen LogP contribution in [0.1, 0.15) is 32.6 Å². The molecule has 0 aromatic heterocycles. The number of amides is 1. The van der Waals surface area contributed by atoms with Gasteiger partial charge in [-0.2, -0.15) is 11.8 Å². The summed E-state index contributed by atoms with van der Waals surface area (Å²) in [6.45, 7) is 3.12. The molecule has 0 spiro atoms. The van der Waals surface area contributed by atoms with Gasteiger partial charge >= 0.3 is 0 Å². The Morgan fingerprint density at radius 3 is 2.88 bits per heavy atom. The summed E-state index contributed by atoms with van der Waals surface area (Å²) in [5.74, 6) is 1.48. The van der Waals surface area contributed by atoms with E-state index < -0.39 is 0 Å². The molecule has 2 unspecified atom stereocenters. The minimum atomic E-state index is 0.115. The van der Waals surface area contributed by atoms with E-state index in [1.807, 2.05) is 11.8 Å². The highest BCUT2D eigenvalue weighted by atomic mass is 32.2. The minimum Gasteiger partial charge on any atom is -0.339 e. The van der Waals surface area contributed by atoms with Crippen LogP contribution in [0.25, 0.3) is 0 Å². The molecule has 3 nitrogen and oxygen atoms in total. The molecule has 1 aliphatic heterocycles. The number of thioether (sulfide) groups is 1. The standard InChI is InChI=1S/C12H22N2OS/c1-9(6-8-16-2)14-7-5-11(12(14)15)13-10-3-4-10/h9-11,13H,3-8H2,1-2H3. The molecule has 1 amide bonds. The predicted octanol–water partition coefficient (Wildman–Crippen LogP) is 1.48. The first-order valence-corrected chi connectivity index (χ1v) is 7.67. The van der Waals surface area contributed by atoms with Crippen molar-refractivity contribution in [3.05, 3.63) is 0 Å². The van der Waals surface area contributed by atoms with E-state index in [1.54, 1.807) is 0 Å². The Kier molecular flexibility index (Phi) is 4.14. The Hall–Kier alpha value is -0.220. The van der Waals surface area contributed by atoms with Gasteiger partial charge in [0.05, 0.1) is 6.04 Å². The van der Waals surface area contributed by atoms with Crippen LogP contribution < -0.4 is 5.32 Å². The van der Waals surface area contributed by atoms with E-state index in [2.05, 4.69) is 23.4 Å². The second-order valence-electron chi connectivity index (χ2n) is 4.94. The molecule has 1 aliphatic carbocycles. The van der Waals surface area contributed by atoms with Crippen LogP contribution in [0.3, 0.4) is 0 Å². The summed E-state index contributed by atoms with van der Waals surface area (Å²) < 4.78 is 0. The van der Waals surface area contributed by atoms with E-state index in [0.29, 0.717) is 18.0 Å². The summed E-state index contributed by atoms with van der Waals surface area (Å²) in [6.07, 6.45) is 6.75. The number of rotatable bonds is 6. The quantitative estimate of drug-likeness (QED) is 0.766. The van der Waals surface area contributed by atoms with Crippen LogP contribution >= 0.6 is 11.8 Å². The zero-order valence-electron chi connectivity index (χ0n) is 10.2. The fourth-order valence-corrected chi connectivity index (χ4v) is 2.85. The van der Waals surface area contributed by atoms with Crippen LogP contribution in [0.4, 0.5) is 0 Å². The maximum absolute atomic E-state index is 12.1. The average molecular weight is 242 g/mol. The molecule has 1 heterocycles. The smallest absolute Gasteiger partial charge is 0.240 e. The Morgan fingerprint density at radius 2 is 2.25 bits per heavy atom. The van der Waals surface area contributed by atoms with Crippen LogP contribution in [0.15, 0.2) is 0 Å². The normalized spacial score (nSPS) is 27.5. The molecule has 0 radical (unpaired) electrons. The summed E-state index contributed by atoms with van der Waals surface area (Å²) in [5, 5.41) is 3.45. The van der Waals surface area contributed by atoms with Crippen molar-refractivity contribution in [2.75, 3.05) is 18.6 Å². The monoisotopic (exact) mass is 242 g/mol. The average Bonchev–Trinajstić information content (AvgIpc) is 3.01. The van der Waals surface area contributed by atoms with Crippen molar-refractivity contribution in [2.24, 2.45) is 0 Å². The molecule has 0 aromatic rings. The Balaban J connectivity index is 1.80. The van der Waals surface area contributed by atoms with Gasteiger partial charge in [0.1, 0.15) is 0 Å². The third kappa shape index (κ3) is 2.92. The fourth-order valence-electron chi connectivity index (χ4n) is 2.27. The van der Waals surface area contributed by atoms with Crippen molar-refractivity contribution < 1.29 is 4.79 Å². The van der Waals surface area contributed by atoms with Gasteiger partial charge in [-0.1, -0.05) is 0 Å². The lowest BCUT2D eigenvalue weighted by molar-refractivity contribution is -0.131. The number of hydrogen-bond acceptors (Lipinski definition) is 3. The molecule has 92 valence electrons. The Labute approximate surface area is 102 Å². The lowest BCUT2D eigenvalue weighted by Crippen LogP contribution is -2.42. The first-order valence-electron chi connectivity index (χ1n) is 6.28. The molecular formula is C12H22N2OS. The number of nitrogens with zero attached hydrogens (tertiary/aromatic N) is 1. The van der Waals surface area contributed by atoms with Gasteiger partial charge in [0.2, 0.25) is 5.91 Å². The van der Waals surface area contributed by atoms with E-state index in [1.165, 1.54) is 12.8 Å². The SMILES string of the molecule is CSCCC(C)N1CCC(NC2CC2)C1=O. The number of nitrogens with one attached hydrogen (secondary N) is 1. The molecule has 1 N–H and O–H groups in total. The van der Waals surface area contributed by atoms with Gasteiger partial charge in [0.15, 0.2) is 0 Å². The highest BCUT2D eigenvalue weighted by Gasteiger charge is 2.37. The first kappa shape index (κ1) is 12.2. The van der Waals surface area contributed by atoms with Gasteiger partial charge in [-0.15, -0.1) is 0 Å². The van der Waals surface area contributed by atoms with Crippen LogP contribution in [0, 0.1) is 0 Å². The second-order valence-corrected chi connectivity index (χ2v) is 5.93. The molecule has 1 saturated carbocycles. The van der Waals surface area contributed by atoms with Crippen LogP contribution in [-0.4, -0.2) is 47.5 Å². The molecule has 0 bridgehead atoms. The van der Waals surface area contributed by atoms with E-state index in [9.17, 15) is 4.79 Å². The largest absolute Gasteiger partial charge is 0.339 e. The Morgan fingerprint density at radius 1 is 1.50 bits per heavy atom. The van der Waals surface area contributed by atoms with Crippen molar-refractivity contribution in [3.8, 4) is 0 Å². The zero-order valence-corrected chi connectivity index (χ0v) is 11.1. The van der Waals surface area contributed by atoms with E-state index in [-0.39, 0.29) is 6.04 Å². The number of likely N-dealkylation sites (tertiary alicyclic amines) is 1. The number of carbonyl (C=O) groups excluding carboxylic acids is 1. The molecular weight excluding hydrogens is 220 g/mol. The molecule has 4 heteroatoms. The molecule has 2 fully saturated rings.